The van der Waals surface area contributed by atoms with Gasteiger partial charge in [0, 0.05) is 49.3 Å². The van der Waals surface area contributed by atoms with Gasteiger partial charge in [-0.05, 0) is 31.2 Å². The zero-order valence-electron chi connectivity index (χ0n) is 17.6. The van der Waals surface area contributed by atoms with Gasteiger partial charge in [0.2, 0.25) is 0 Å². The van der Waals surface area contributed by atoms with Crippen LogP contribution in [0.25, 0.3) is 5.69 Å². The van der Waals surface area contributed by atoms with Crippen LogP contribution < -0.4 is 10.7 Å². The Morgan fingerprint density at radius 3 is 2.18 bits per heavy atom. The van der Waals surface area contributed by atoms with Crippen molar-refractivity contribution in [2.75, 3.05) is 26.7 Å². The van der Waals surface area contributed by atoms with Crippen LogP contribution in [0.4, 0.5) is 4.79 Å². The van der Waals surface area contributed by atoms with E-state index in [1.807, 2.05) is 16.7 Å². The molecule has 0 fully saturated rings. The van der Waals surface area contributed by atoms with Crippen molar-refractivity contribution in [3.8, 4) is 5.69 Å². The number of likely N-dealkylation sites (N-methyl/N-ethyl adjacent to an activating group) is 1. The molecular formula is C22H33N3O3. The highest BCUT2D eigenvalue weighted by atomic mass is 16.5. The Morgan fingerprint density at radius 1 is 1.11 bits per heavy atom. The van der Waals surface area contributed by atoms with Crippen LogP contribution in [-0.2, 0) is 4.74 Å². The van der Waals surface area contributed by atoms with Crippen LogP contribution in [0.3, 0.4) is 0 Å². The van der Waals surface area contributed by atoms with Crippen LogP contribution in [-0.4, -0.2) is 42.3 Å². The topological polar surface area (TPSA) is 63.6 Å². The number of hydrogen-bond donors (Lipinski definition) is 1. The lowest BCUT2D eigenvalue weighted by atomic mass is 10.1. The molecular weight excluding hydrogens is 354 g/mol. The predicted molar refractivity (Wildman–Crippen MR) is 114 cm³/mol. The molecule has 0 bridgehead atoms. The first-order valence-corrected chi connectivity index (χ1v) is 9.81. The molecule has 1 amide bonds. The van der Waals surface area contributed by atoms with Gasteiger partial charge in [-0.3, -0.25) is 9.69 Å². The number of nitrogens with zero attached hydrogens (tertiary/aromatic N) is 2. The molecule has 1 unspecified atom stereocenters. The van der Waals surface area contributed by atoms with Crippen LogP contribution in [0, 0.1) is 0 Å². The number of aromatic nitrogens is 1. The van der Waals surface area contributed by atoms with Gasteiger partial charge in [0.05, 0.1) is 7.11 Å². The van der Waals surface area contributed by atoms with Crippen molar-refractivity contribution in [2.45, 2.75) is 40.2 Å². The number of nitrogens with one attached hydrogen (secondary N) is 1. The van der Waals surface area contributed by atoms with Crippen molar-refractivity contribution in [1.82, 2.24) is 14.8 Å². The molecule has 6 heteroatoms. The highest BCUT2D eigenvalue weighted by Gasteiger charge is 2.14. The number of ether oxygens (including phenoxy) is 1. The number of carbonyl (C=O) groups excluding carboxylic acids is 1. The predicted octanol–water partition coefficient (Wildman–Crippen LogP) is 3.99. The van der Waals surface area contributed by atoms with E-state index in [1.165, 1.54) is 19.1 Å². The second-order valence-electron chi connectivity index (χ2n) is 6.46. The molecule has 0 aliphatic heterocycles. The van der Waals surface area contributed by atoms with Crippen LogP contribution in [0.15, 0.2) is 53.6 Å². The second-order valence-corrected chi connectivity index (χ2v) is 6.46. The molecule has 0 saturated heterocycles. The quantitative estimate of drug-likeness (QED) is 0.780. The molecule has 1 aromatic carbocycles. The number of hydrogen-bond acceptors (Lipinski definition) is 4. The standard InChI is InChI=1S/C19H25N3O3.C3H8/c1-4-21(14-11-20-19(24)25-3)15(2)16-5-7-17(8-6-16)22-12-9-18(23)10-13-22;1-3-2/h5-10,12-13,15H,4,11,14H2,1-3H3,(H,20,24);3H2,1-2H3. The average molecular weight is 388 g/mol. The lowest BCUT2D eigenvalue weighted by molar-refractivity contribution is 0.165. The molecule has 154 valence electrons. The number of methoxy groups -OCH3 is 1. The van der Waals surface area contributed by atoms with E-state index in [0.717, 1.165) is 18.8 Å². The minimum absolute atomic E-state index is 0.000596. The Morgan fingerprint density at radius 2 is 1.68 bits per heavy atom. The normalized spacial score (nSPS) is 11.4. The Balaban J connectivity index is 0.00000122. The zero-order valence-corrected chi connectivity index (χ0v) is 17.6. The molecule has 6 nitrogen and oxygen atoms in total. The van der Waals surface area contributed by atoms with Gasteiger partial charge in [-0.15, -0.1) is 0 Å². The van der Waals surface area contributed by atoms with Crippen molar-refractivity contribution in [3.63, 3.8) is 0 Å². The van der Waals surface area contributed by atoms with Crippen molar-refractivity contribution in [2.24, 2.45) is 0 Å². The summed E-state index contributed by atoms with van der Waals surface area (Å²) < 4.78 is 6.49. The van der Waals surface area contributed by atoms with E-state index < -0.39 is 6.09 Å². The first-order chi connectivity index (χ1) is 13.5. The summed E-state index contributed by atoms with van der Waals surface area (Å²) in [5, 5.41) is 2.71. The molecule has 1 aromatic heterocycles. The maximum absolute atomic E-state index is 11.2. The molecule has 1 N–H and O–H groups in total. The van der Waals surface area contributed by atoms with Crippen molar-refractivity contribution in [3.05, 3.63) is 64.6 Å². The molecule has 2 rings (SSSR count). The summed E-state index contributed by atoms with van der Waals surface area (Å²) in [5.74, 6) is 0. The van der Waals surface area contributed by atoms with Gasteiger partial charge >= 0.3 is 6.09 Å². The van der Waals surface area contributed by atoms with Gasteiger partial charge in [0.25, 0.3) is 0 Å². The van der Waals surface area contributed by atoms with Crippen LogP contribution in [0.5, 0.6) is 0 Å². The maximum atomic E-state index is 11.2. The Bertz CT molecular complexity index is 736. The van der Waals surface area contributed by atoms with E-state index in [1.54, 1.807) is 24.5 Å². The number of pyridine rings is 1. The van der Waals surface area contributed by atoms with Crippen molar-refractivity contribution in [1.29, 1.82) is 0 Å². The molecule has 2 aromatic rings. The third-order valence-corrected chi connectivity index (χ3v) is 4.28. The van der Waals surface area contributed by atoms with E-state index in [2.05, 4.69) is 54.8 Å². The summed E-state index contributed by atoms with van der Waals surface area (Å²) in [5.41, 5.74) is 2.21. The third-order valence-electron chi connectivity index (χ3n) is 4.28. The molecule has 0 aliphatic rings. The van der Waals surface area contributed by atoms with E-state index >= 15 is 0 Å². The zero-order chi connectivity index (χ0) is 20.9. The summed E-state index contributed by atoms with van der Waals surface area (Å²) in [6.07, 6.45) is 4.36. The summed E-state index contributed by atoms with van der Waals surface area (Å²) in [4.78, 5) is 24.6. The molecule has 1 heterocycles. The Kier molecular flexibility index (Phi) is 10.7. The van der Waals surface area contributed by atoms with Gasteiger partial charge in [-0.2, -0.15) is 0 Å². The summed E-state index contributed by atoms with van der Waals surface area (Å²) in [7, 11) is 1.36. The summed E-state index contributed by atoms with van der Waals surface area (Å²) in [6, 6.07) is 11.6. The number of carbonyl (C=O) groups is 1. The minimum Gasteiger partial charge on any atom is -0.453 e. The Labute approximate surface area is 168 Å². The third kappa shape index (κ3) is 7.56. The fraction of sp³-hybridized carbons (Fsp3) is 0.455. The number of alkyl carbamates (subject to hydrolysis) is 1. The smallest absolute Gasteiger partial charge is 0.406 e. The highest BCUT2D eigenvalue weighted by molar-refractivity contribution is 5.66. The van der Waals surface area contributed by atoms with Gasteiger partial charge in [0.1, 0.15) is 0 Å². The lowest BCUT2D eigenvalue weighted by Gasteiger charge is -2.28. The van der Waals surface area contributed by atoms with E-state index in [-0.39, 0.29) is 11.5 Å². The highest BCUT2D eigenvalue weighted by Crippen LogP contribution is 2.21. The molecule has 1 atom stereocenters. The minimum atomic E-state index is -0.408. The fourth-order valence-corrected chi connectivity index (χ4v) is 2.72. The fourth-order valence-electron chi connectivity index (χ4n) is 2.72. The molecule has 0 aliphatic carbocycles. The first-order valence-electron chi connectivity index (χ1n) is 9.81. The van der Waals surface area contributed by atoms with E-state index in [4.69, 9.17) is 0 Å². The monoisotopic (exact) mass is 387 g/mol. The van der Waals surface area contributed by atoms with Gasteiger partial charge in [-0.25, -0.2) is 4.79 Å². The van der Waals surface area contributed by atoms with E-state index in [0.29, 0.717) is 6.54 Å². The van der Waals surface area contributed by atoms with Gasteiger partial charge in [-0.1, -0.05) is 39.3 Å². The molecule has 28 heavy (non-hydrogen) atoms. The Hall–Kier alpha value is -2.60. The van der Waals surface area contributed by atoms with Crippen molar-refractivity contribution < 1.29 is 9.53 Å². The average Bonchev–Trinajstić information content (AvgIpc) is 2.72. The SMILES string of the molecule is CCC.CCN(CCNC(=O)OC)C(C)c1ccc(-n2ccc(=O)cc2)cc1. The van der Waals surface area contributed by atoms with E-state index in [9.17, 15) is 9.59 Å². The van der Waals surface area contributed by atoms with Crippen LogP contribution >= 0.6 is 0 Å². The number of benzene rings is 1. The summed E-state index contributed by atoms with van der Waals surface area (Å²) in [6.45, 7) is 10.7. The summed E-state index contributed by atoms with van der Waals surface area (Å²) >= 11 is 0. The molecule has 0 saturated carbocycles. The number of amides is 1. The van der Waals surface area contributed by atoms with Crippen LogP contribution in [0.2, 0.25) is 0 Å². The largest absolute Gasteiger partial charge is 0.453 e. The first kappa shape index (κ1) is 23.4. The van der Waals surface area contributed by atoms with Gasteiger partial charge < -0.3 is 14.6 Å². The maximum Gasteiger partial charge on any atom is 0.406 e. The van der Waals surface area contributed by atoms with Crippen molar-refractivity contribution >= 4 is 6.09 Å². The molecule has 0 radical (unpaired) electrons. The number of rotatable bonds is 7. The van der Waals surface area contributed by atoms with Gasteiger partial charge in [0.15, 0.2) is 5.43 Å². The molecule has 0 spiro atoms. The van der Waals surface area contributed by atoms with Crippen LogP contribution in [0.1, 0.15) is 45.7 Å². The second kappa shape index (κ2) is 12.7. The lowest BCUT2D eigenvalue weighted by Crippen LogP contribution is -2.36.